The molecule has 19 heavy (non-hydrogen) atoms. The first-order chi connectivity index (χ1) is 8.95. The summed E-state index contributed by atoms with van der Waals surface area (Å²) >= 11 is 5.60. The van der Waals surface area contributed by atoms with Crippen LogP contribution in [0, 0.1) is 21.7 Å². The third-order valence-corrected chi connectivity index (χ3v) is 2.80. The van der Waals surface area contributed by atoms with Crippen LogP contribution in [0.3, 0.4) is 0 Å². The second kappa shape index (κ2) is 4.88. The molecular formula is C10H7ClF2N4O2. The van der Waals surface area contributed by atoms with E-state index in [2.05, 4.69) is 10.2 Å². The second-order valence-corrected chi connectivity index (χ2v) is 3.94. The van der Waals surface area contributed by atoms with E-state index in [0.29, 0.717) is 11.9 Å². The first-order valence-corrected chi connectivity index (χ1v) is 5.57. The van der Waals surface area contributed by atoms with Gasteiger partial charge in [0.15, 0.2) is 17.5 Å². The lowest BCUT2D eigenvalue weighted by molar-refractivity contribution is -0.384. The lowest BCUT2D eigenvalue weighted by atomic mass is 10.1. The van der Waals surface area contributed by atoms with Crippen molar-refractivity contribution in [1.82, 2.24) is 14.8 Å². The Kier molecular flexibility index (Phi) is 3.43. The molecule has 6 nitrogen and oxygen atoms in total. The summed E-state index contributed by atoms with van der Waals surface area (Å²) in [6, 6.07) is 1.23. The van der Waals surface area contributed by atoms with E-state index in [1.165, 1.54) is 11.6 Å². The van der Waals surface area contributed by atoms with Crippen molar-refractivity contribution in [1.29, 1.82) is 0 Å². The Morgan fingerprint density at radius 1 is 1.37 bits per heavy atom. The van der Waals surface area contributed by atoms with Crippen molar-refractivity contribution in [3.63, 3.8) is 0 Å². The summed E-state index contributed by atoms with van der Waals surface area (Å²) in [4.78, 5) is 10.1. The minimum atomic E-state index is -1.30. The molecule has 0 fully saturated rings. The van der Waals surface area contributed by atoms with Crippen LogP contribution in [0.5, 0.6) is 0 Å². The summed E-state index contributed by atoms with van der Waals surface area (Å²) in [5.41, 5.74) is -0.745. The zero-order valence-corrected chi connectivity index (χ0v) is 10.4. The van der Waals surface area contributed by atoms with Crippen LogP contribution >= 0.6 is 11.6 Å². The number of alkyl halides is 1. The Morgan fingerprint density at radius 2 is 2.00 bits per heavy atom. The highest BCUT2D eigenvalue weighted by Gasteiger charge is 2.24. The van der Waals surface area contributed by atoms with Gasteiger partial charge in [0, 0.05) is 7.05 Å². The monoisotopic (exact) mass is 288 g/mol. The van der Waals surface area contributed by atoms with Crippen molar-refractivity contribution in [3.8, 4) is 11.4 Å². The molecule has 9 heteroatoms. The van der Waals surface area contributed by atoms with E-state index >= 15 is 0 Å². The Labute approximate surface area is 110 Å². The summed E-state index contributed by atoms with van der Waals surface area (Å²) in [6.45, 7) is 0. The van der Waals surface area contributed by atoms with Gasteiger partial charge in [-0.2, -0.15) is 0 Å². The largest absolute Gasteiger partial charge is 0.313 e. The SMILES string of the molecule is Cn1c(CCl)nnc1-c1cc(F)c(F)cc1[N+](=O)[O-]. The predicted octanol–water partition coefficient (Wildman–Crippen LogP) is 2.41. The molecular weight excluding hydrogens is 282 g/mol. The predicted molar refractivity (Wildman–Crippen MR) is 62.6 cm³/mol. The van der Waals surface area contributed by atoms with Crippen LogP contribution in [0.4, 0.5) is 14.5 Å². The first kappa shape index (κ1) is 13.3. The molecule has 0 aliphatic carbocycles. The van der Waals surface area contributed by atoms with Gasteiger partial charge in [0.2, 0.25) is 0 Å². The minimum absolute atomic E-state index is 0.0426. The molecule has 1 aromatic heterocycles. The summed E-state index contributed by atoms with van der Waals surface area (Å²) in [5, 5.41) is 18.3. The fourth-order valence-electron chi connectivity index (χ4n) is 1.58. The van der Waals surface area contributed by atoms with Crippen molar-refractivity contribution in [2.24, 2.45) is 7.05 Å². The van der Waals surface area contributed by atoms with E-state index in [4.69, 9.17) is 11.6 Å². The van der Waals surface area contributed by atoms with Crippen molar-refractivity contribution < 1.29 is 13.7 Å². The van der Waals surface area contributed by atoms with Crippen LogP contribution < -0.4 is 0 Å². The maximum absolute atomic E-state index is 13.2. The maximum atomic E-state index is 13.2. The van der Waals surface area contributed by atoms with Crippen LogP contribution in [0.1, 0.15) is 5.82 Å². The smallest absolute Gasteiger partial charge is 0.283 e. The summed E-state index contributed by atoms with van der Waals surface area (Å²) in [7, 11) is 1.53. The Bertz CT molecular complexity index is 659. The fraction of sp³-hybridized carbons (Fsp3) is 0.200. The zero-order valence-electron chi connectivity index (χ0n) is 9.60. The van der Waals surface area contributed by atoms with Crippen LogP contribution in [0.15, 0.2) is 12.1 Å². The van der Waals surface area contributed by atoms with Gasteiger partial charge in [0.1, 0.15) is 11.4 Å². The fourth-order valence-corrected chi connectivity index (χ4v) is 1.81. The molecule has 2 rings (SSSR count). The van der Waals surface area contributed by atoms with E-state index < -0.39 is 22.2 Å². The van der Waals surface area contributed by atoms with E-state index in [-0.39, 0.29) is 17.3 Å². The highest BCUT2D eigenvalue weighted by atomic mass is 35.5. The van der Waals surface area contributed by atoms with Gasteiger partial charge in [0.25, 0.3) is 5.69 Å². The van der Waals surface area contributed by atoms with Gasteiger partial charge in [-0.3, -0.25) is 10.1 Å². The molecule has 0 amide bonds. The highest BCUT2D eigenvalue weighted by molar-refractivity contribution is 6.16. The van der Waals surface area contributed by atoms with Gasteiger partial charge in [-0.1, -0.05) is 0 Å². The van der Waals surface area contributed by atoms with E-state index in [0.717, 1.165) is 6.07 Å². The lowest BCUT2D eigenvalue weighted by Crippen LogP contribution is -2.01. The zero-order chi connectivity index (χ0) is 14.2. The van der Waals surface area contributed by atoms with Gasteiger partial charge in [-0.15, -0.1) is 21.8 Å². The number of rotatable bonds is 3. The van der Waals surface area contributed by atoms with Gasteiger partial charge in [0.05, 0.1) is 16.9 Å². The summed E-state index contributed by atoms with van der Waals surface area (Å²) in [5.74, 6) is -2.05. The van der Waals surface area contributed by atoms with Gasteiger partial charge >= 0.3 is 0 Å². The maximum Gasteiger partial charge on any atom is 0.283 e. The molecule has 0 saturated carbocycles. The highest BCUT2D eigenvalue weighted by Crippen LogP contribution is 2.30. The number of nitro groups is 1. The quantitative estimate of drug-likeness (QED) is 0.494. The van der Waals surface area contributed by atoms with Crippen LogP contribution in [0.2, 0.25) is 0 Å². The van der Waals surface area contributed by atoms with Crippen LogP contribution in [-0.2, 0) is 12.9 Å². The van der Waals surface area contributed by atoms with Gasteiger partial charge in [-0.05, 0) is 6.07 Å². The van der Waals surface area contributed by atoms with Crippen molar-refractivity contribution in [3.05, 3.63) is 39.7 Å². The molecule has 0 saturated heterocycles. The Balaban J connectivity index is 2.70. The number of aromatic nitrogens is 3. The van der Waals surface area contributed by atoms with E-state index in [1.807, 2.05) is 0 Å². The Morgan fingerprint density at radius 3 is 2.53 bits per heavy atom. The first-order valence-electron chi connectivity index (χ1n) is 5.03. The molecule has 2 aromatic rings. The standard InChI is InChI=1S/C10H7ClF2N4O2/c1-16-9(4-11)14-15-10(16)5-2-6(12)7(13)3-8(5)17(18)19/h2-3H,4H2,1H3. The molecule has 0 atom stereocenters. The van der Waals surface area contributed by atoms with Crippen LogP contribution in [-0.4, -0.2) is 19.7 Å². The number of benzene rings is 1. The molecule has 0 radical (unpaired) electrons. The number of nitro benzene ring substituents is 1. The van der Waals surface area contributed by atoms with E-state index in [9.17, 15) is 18.9 Å². The minimum Gasteiger partial charge on any atom is -0.313 e. The molecule has 1 heterocycles. The second-order valence-electron chi connectivity index (χ2n) is 3.67. The number of hydrogen-bond acceptors (Lipinski definition) is 4. The normalized spacial score (nSPS) is 10.7. The molecule has 0 spiro atoms. The van der Waals surface area contributed by atoms with Crippen molar-refractivity contribution in [2.45, 2.75) is 5.88 Å². The third kappa shape index (κ3) is 2.26. The molecule has 0 N–H and O–H groups in total. The van der Waals surface area contributed by atoms with Gasteiger partial charge < -0.3 is 4.57 Å². The van der Waals surface area contributed by atoms with Crippen LogP contribution in [0.25, 0.3) is 11.4 Å². The number of halogens is 3. The summed E-state index contributed by atoms with van der Waals surface area (Å²) in [6.07, 6.45) is 0. The van der Waals surface area contributed by atoms with Crippen molar-refractivity contribution >= 4 is 17.3 Å². The Hall–Kier alpha value is -2.09. The average molecular weight is 289 g/mol. The number of nitrogens with zero attached hydrogens (tertiary/aromatic N) is 4. The molecule has 0 unspecified atom stereocenters. The molecule has 0 bridgehead atoms. The van der Waals surface area contributed by atoms with Gasteiger partial charge in [-0.25, -0.2) is 8.78 Å². The average Bonchev–Trinajstić information content (AvgIpc) is 2.73. The molecule has 1 aromatic carbocycles. The lowest BCUT2D eigenvalue weighted by Gasteiger charge is -2.04. The molecule has 100 valence electrons. The molecule has 0 aliphatic heterocycles. The summed E-state index contributed by atoms with van der Waals surface area (Å²) < 4.78 is 27.7. The third-order valence-electron chi connectivity index (χ3n) is 2.56. The topological polar surface area (TPSA) is 73.8 Å². The molecule has 0 aliphatic rings. The van der Waals surface area contributed by atoms with Crippen molar-refractivity contribution in [2.75, 3.05) is 0 Å². The van der Waals surface area contributed by atoms with E-state index in [1.54, 1.807) is 0 Å². The number of hydrogen-bond donors (Lipinski definition) is 0.